The van der Waals surface area contributed by atoms with E-state index < -0.39 is 0 Å². The van der Waals surface area contributed by atoms with E-state index in [0.29, 0.717) is 40.4 Å². The molecule has 0 amide bonds. The topological polar surface area (TPSA) is 48.2 Å². The molecule has 0 saturated carbocycles. The lowest BCUT2D eigenvalue weighted by Gasteiger charge is -2.24. The zero-order chi connectivity index (χ0) is 16.5. The van der Waals surface area contributed by atoms with Crippen LogP contribution in [0.1, 0.15) is 23.1 Å². The first-order chi connectivity index (χ1) is 11.7. The quantitative estimate of drug-likeness (QED) is 0.666. The van der Waals surface area contributed by atoms with Gasteiger partial charge in [-0.15, -0.1) is 0 Å². The highest BCUT2D eigenvalue weighted by atomic mass is 35.5. The number of ether oxygens (including phenoxy) is 1. The Morgan fingerprint density at radius 2 is 1.83 bits per heavy atom. The summed E-state index contributed by atoms with van der Waals surface area (Å²) in [4.78, 5) is 4.44. The van der Waals surface area contributed by atoms with Crippen LogP contribution in [0.15, 0.2) is 47.0 Å². The first-order valence-electron chi connectivity index (χ1n) is 7.69. The molecule has 0 aliphatic carbocycles. The Morgan fingerprint density at radius 3 is 2.67 bits per heavy atom. The number of hydrogen-bond acceptors (Lipinski definition) is 4. The van der Waals surface area contributed by atoms with Crippen LogP contribution < -0.4 is 0 Å². The maximum atomic E-state index is 6.20. The van der Waals surface area contributed by atoms with Gasteiger partial charge in [0.25, 0.3) is 0 Å². The molecule has 0 spiro atoms. The summed E-state index contributed by atoms with van der Waals surface area (Å²) in [5, 5.41) is 5.01. The minimum absolute atomic E-state index is 0.0787. The molecular weight excluding hydrogens is 347 g/mol. The Morgan fingerprint density at radius 1 is 1.04 bits per heavy atom. The fourth-order valence-electron chi connectivity index (χ4n) is 2.96. The summed E-state index contributed by atoms with van der Waals surface area (Å²) in [7, 11) is 0. The van der Waals surface area contributed by atoms with Gasteiger partial charge < -0.3 is 9.26 Å². The molecule has 0 radical (unpaired) electrons. The van der Waals surface area contributed by atoms with Crippen molar-refractivity contribution in [2.24, 2.45) is 0 Å². The van der Waals surface area contributed by atoms with Crippen LogP contribution in [0, 0.1) is 0 Å². The van der Waals surface area contributed by atoms with Crippen molar-refractivity contribution in [2.75, 3.05) is 6.61 Å². The number of halogens is 2. The lowest BCUT2D eigenvalue weighted by molar-refractivity contribution is 0.0375. The first kappa shape index (κ1) is 15.6. The lowest BCUT2D eigenvalue weighted by Crippen LogP contribution is -2.18. The number of rotatable bonds is 3. The smallest absolute Gasteiger partial charge is 0.229 e. The molecule has 3 aromatic rings. The Bertz CT molecular complexity index is 859. The van der Waals surface area contributed by atoms with E-state index >= 15 is 0 Å². The van der Waals surface area contributed by atoms with E-state index in [0.717, 1.165) is 6.42 Å². The predicted octanol–water partition coefficient (Wildman–Crippen LogP) is 4.90. The molecule has 4 nitrogen and oxygen atoms in total. The van der Waals surface area contributed by atoms with Gasteiger partial charge in [0.1, 0.15) is 0 Å². The number of benzene rings is 2. The largest absolute Gasteiger partial charge is 0.373 e. The maximum absolute atomic E-state index is 6.20. The highest BCUT2D eigenvalue weighted by Gasteiger charge is 2.24. The molecule has 0 saturated heterocycles. The minimum atomic E-state index is -0.0787. The number of aromatic nitrogens is 2. The van der Waals surface area contributed by atoms with E-state index in [4.69, 9.17) is 32.5 Å². The van der Waals surface area contributed by atoms with Gasteiger partial charge in [-0.25, -0.2) is 0 Å². The molecular formula is C18H14Cl2N2O2. The second kappa shape index (κ2) is 6.55. The molecule has 1 aliphatic heterocycles. The number of nitrogens with zero attached hydrogens (tertiary/aromatic N) is 2. The van der Waals surface area contributed by atoms with E-state index in [1.807, 2.05) is 12.1 Å². The third-order valence-corrected chi connectivity index (χ3v) is 4.74. The van der Waals surface area contributed by atoms with Gasteiger partial charge >= 0.3 is 0 Å². The van der Waals surface area contributed by atoms with Crippen LogP contribution in [0.5, 0.6) is 0 Å². The summed E-state index contributed by atoms with van der Waals surface area (Å²) >= 11 is 12.4. The van der Waals surface area contributed by atoms with E-state index in [9.17, 15) is 0 Å². The fraction of sp³-hybridized carbons (Fsp3) is 0.222. The normalized spacial score (nSPS) is 16.8. The first-order valence-corrected chi connectivity index (χ1v) is 8.44. The van der Waals surface area contributed by atoms with Crippen molar-refractivity contribution in [1.29, 1.82) is 0 Å². The summed E-state index contributed by atoms with van der Waals surface area (Å²) < 4.78 is 11.3. The molecule has 6 heteroatoms. The van der Waals surface area contributed by atoms with E-state index in [1.165, 1.54) is 11.1 Å². The molecule has 1 unspecified atom stereocenters. The Labute approximate surface area is 149 Å². The average molecular weight is 361 g/mol. The van der Waals surface area contributed by atoms with Crippen LogP contribution in [0.4, 0.5) is 0 Å². The Balaban J connectivity index is 1.61. The van der Waals surface area contributed by atoms with Gasteiger partial charge in [0.15, 0.2) is 0 Å². The zero-order valence-corrected chi connectivity index (χ0v) is 14.2. The van der Waals surface area contributed by atoms with E-state index in [-0.39, 0.29) is 6.10 Å². The zero-order valence-electron chi connectivity index (χ0n) is 12.7. The van der Waals surface area contributed by atoms with E-state index in [1.54, 1.807) is 18.2 Å². The van der Waals surface area contributed by atoms with Crippen molar-refractivity contribution in [1.82, 2.24) is 10.1 Å². The fourth-order valence-corrected chi connectivity index (χ4v) is 3.52. The molecule has 4 rings (SSSR count). The monoisotopic (exact) mass is 360 g/mol. The van der Waals surface area contributed by atoms with Crippen LogP contribution in [0.2, 0.25) is 10.0 Å². The Hall–Kier alpha value is -1.88. The van der Waals surface area contributed by atoms with E-state index in [2.05, 4.69) is 22.3 Å². The second-order valence-electron chi connectivity index (χ2n) is 5.62. The molecule has 0 bridgehead atoms. The molecule has 122 valence electrons. The van der Waals surface area contributed by atoms with Crippen LogP contribution in [-0.2, 0) is 17.6 Å². The van der Waals surface area contributed by atoms with Crippen molar-refractivity contribution in [2.45, 2.75) is 18.9 Å². The van der Waals surface area contributed by atoms with Crippen LogP contribution in [-0.4, -0.2) is 16.7 Å². The van der Waals surface area contributed by atoms with Crippen molar-refractivity contribution in [3.63, 3.8) is 0 Å². The minimum Gasteiger partial charge on any atom is -0.373 e. The maximum Gasteiger partial charge on any atom is 0.229 e. The van der Waals surface area contributed by atoms with Crippen molar-refractivity contribution in [3.8, 4) is 11.4 Å². The standard InChI is InChI=1S/C18H14Cl2N2O2/c19-13-6-3-7-14(20)17(13)18-21-16(24-22-18)10-15-12-5-2-1-4-11(12)8-9-23-15/h1-7,15H,8-10H2. The molecule has 2 aromatic carbocycles. The molecule has 0 fully saturated rings. The number of hydrogen-bond donors (Lipinski definition) is 0. The lowest BCUT2D eigenvalue weighted by atomic mass is 9.96. The molecule has 1 aliphatic rings. The summed E-state index contributed by atoms with van der Waals surface area (Å²) in [6, 6.07) is 13.6. The highest BCUT2D eigenvalue weighted by molar-refractivity contribution is 6.38. The van der Waals surface area contributed by atoms with Gasteiger partial charge in [-0.3, -0.25) is 0 Å². The molecule has 2 heterocycles. The van der Waals surface area contributed by atoms with Crippen molar-refractivity contribution in [3.05, 3.63) is 69.5 Å². The predicted molar refractivity (Wildman–Crippen MR) is 92.3 cm³/mol. The average Bonchev–Trinajstić information content (AvgIpc) is 3.03. The van der Waals surface area contributed by atoms with Gasteiger partial charge in [0.05, 0.1) is 34.7 Å². The van der Waals surface area contributed by atoms with Crippen LogP contribution in [0.3, 0.4) is 0 Å². The second-order valence-corrected chi connectivity index (χ2v) is 6.44. The summed E-state index contributed by atoms with van der Waals surface area (Å²) in [6.45, 7) is 0.693. The number of fused-ring (bicyclic) bond motifs is 1. The van der Waals surface area contributed by atoms with Gasteiger partial charge in [0, 0.05) is 0 Å². The van der Waals surface area contributed by atoms with Gasteiger partial charge in [-0.2, -0.15) is 4.98 Å². The molecule has 24 heavy (non-hydrogen) atoms. The van der Waals surface area contributed by atoms with Crippen molar-refractivity contribution >= 4 is 23.2 Å². The summed E-state index contributed by atoms with van der Waals surface area (Å²) in [6.07, 6.45) is 1.37. The van der Waals surface area contributed by atoms with Gasteiger partial charge in [-0.1, -0.05) is 58.7 Å². The van der Waals surface area contributed by atoms with Crippen LogP contribution in [0.25, 0.3) is 11.4 Å². The van der Waals surface area contributed by atoms with Crippen LogP contribution >= 0.6 is 23.2 Å². The van der Waals surface area contributed by atoms with Crippen molar-refractivity contribution < 1.29 is 9.26 Å². The third kappa shape index (κ3) is 2.93. The van der Waals surface area contributed by atoms with Gasteiger partial charge in [0.2, 0.25) is 11.7 Å². The molecule has 1 aromatic heterocycles. The summed E-state index contributed by atoms with van der Waals surface area (Å²) in [5.74, 6) is 0.896. The molecule has 1 atom stereocenters. The SMILES string of the molecule is Clc1cccc(Cl)c1-c1noc(CC2OCCc3ccccc32)n1. The highest BCUT2D eigenvalue weighted by Crippen LogP contribution is 2.34. The Kier molecular flexibility index (Phi) is 4.27. The summed E-state index contributed by atoms with van der Waals surface area (Å²) in [5.41, 5.74) is 3.07. The third-order valence-electron chi connectivity index (χ3n) is 4.11. The molecule has 0 N–H and O–H groups in total. The van der Waals surface area contributed by atoms with Gasteiger partial charge in [-0.05, 0) is 29.7 Å².